The Morgan fingerprint density at radius 2 is 1.84 bits per heavy atom. The van der Waals surface area contributed by atoms with Gasteiger partial charge in [-0.25, -0.2) is 4.98 Å². The molecule has 190 valence electrons. The molecule has 4 heterocycles. The number of fused-ring (bicyclic) bond motifs is 3. The maximum Gasteiger partial charge on any atom is 0.301 e. The first-order valence-corrected chi connectivity index (χ1v) is 12.6. The third-order valence-electron chi connectivity index (χ3n) is 7.30. The second-order valence-corrected chi connectivity index (χ2v) is 9.68. The highest BCUT2D eigenvalue weighted by Gasteiger charge is 2.40. The van der Waals surface area contributed by atoms with E-state index in [9.17, 15) is 4.79 Å². The molecule has 0 radical (unpaired) electrons. The molecule has 2 aliphatic rings. The third-order valence-corrected chi connectivity index (χ3v) is 7.30. The Morgan fingerprint density at radius 3 is 2.62 bits per heavy atom. The SMILES string of the molecule is CCn1c(N2CCCC(N)C2)nc2ccn(CC3=Nc4ccccc4C(F)(F)c4ccccc43)c(=O)c21. The number of aryl methyl sites for hydroxylation is 1. The van der Waals surface area contributed by atoms with Crippen molar-refractivity contribution in [2.45, 2.75) is 44.8 Å². The van der Waals surface area contributed by atoms with Crippen LogP contribution >= 0.6 is 0 Å². The summed E-state index contributed by atoms with van der Waals surface area (Å²) in [5.74, 6) is -2.47. The summed E-state index contributed by atoms with van der Waals surface area (Å²) in [5.41, 5.74) is 7.76. The smallest absolute Gasteiger partial charge is 0.301 e. The lowest BCUT2D eigenvalue weighted by atomic mass is 9.94. The van der Waals surface area contributed by atoms with Crippen LogP contribution in [-0.2, 0) is 19.0 Å². The van der Waals surface area contributed by atoms with Crippen LogP contribution in [0.2, 0.25) is 0 Å². The van der Waals surface area contributed by atoms with Crippen molar-refractivity contribution in [3.8, 4) is 0 Å². The van der Waals surface area contributed by atoms with Crippen molar-refractivity contribution >= 4 is 28.4 Å². The lowest BCUT2D eigenvalue weighted by molar-refractivity contribution is 0.0436. The van der Waals surface area contributed by atoms with E-state index < -0.39 is 5.92 Å². The van der Waals surface area contributed by atoms with E-state index in [2.05, 4.69) is 9.89 Å². The normalized spacial score (nSPS) is 18.8. The second-order valence-electron chi connectivity index (χ2n) is 9.68. The lowest BCUT2D eigenvalue weighted by Crippen LogP contribution is -2.44. The number of nitrogens with two attached hydrogens (primary N) is 1. The molecule has 0 saturated carbocycles. The van der Waals surface area contributed by atoms with Crippen LogP contribution in [0, 0.1) is 0 Å². The number of nitrogens with zero attached hydrogens (tertiary/aromatic N) is 5. The number of rotatable bonds is 4. The zero-order chi connectivity index (χ0) is 25.7. The number of pyridine rings is 1. The molecule has 2 aromatic carbocycles. The van der Waals surface area contributed by atoms with Gasteiger partial charge in [-0.2, -0.15) is 8.78 Å². The first-order chi connectivity index (χ1) is 17.9. The molecule has 1 unspecified atom stereocenters. The van der Waals surface area contributed by atoms with Crippen molar-refractivity contribution in [2.24, 2.45) is 10.7 Å². The number of benzene rings is 2. The Bertz CT molecular complexity index is 1590. The highest BCUT2D eigenvalue weighted by molar-refractivity contribution is 6.04. The Balaban J connectivity index is 1.47. The van der Waals surface area contributed by atoms with Gasteiger partial charge in [0.2, 0.25) is 5.95 Å². The molecule has 37 heavy (non-hydrogen) atoms. The standard InChI is InChI=1S/C28H28F2N6O/c1-2-36-25-23(33-27(36)35-14-7-8-18(31)16-35)13-15-34(26(25)37)17-24-19-9-3-4-10-20(19)28(29,30)21-11-5-6-12-22(21)32-24/h3-6,9-13,15,18H,2,7-8,14,16-17,31H2,1H3. The number of halogens is 2. The molecule has 9 heteroatoms. The fourth-order valence-corrected chi connectivity index (χ4v) is 5.50. The van der Waals surface area contributed by atoms with E-state index in [1.54, 1.807) is 42.6 Å². The first-order valence-electron chi connectivity index (χ1n) is 12.6. The summed E-state index contributed by atoms with van der Waals surface area (Å²) in [6.45, 7) is 4.14. The largest absolute Gasteiger partial charge is 0.341 e. The molecule has 7 nitrogen and oxygen atoms in total. The number of hydrogen-bond donors (Lipinski definition) is 1. The minimum absolute atomic E-state index is 0.0506. The minimum Gasteiger partial charge on any atom is -0.341 e. The number of anilines is 1. The molecule has 1 atom stereocenters. The van der Waals surface area contributed by atoms with Gasteiger partial charge in [-0.1, -0.05) is 42.5 Å². The van der Waals surface area contributed by atoms with Gasteiger partial charge in [0.15, 0.2) is 0 Å². The van der Waals surface area contributed by atoms with Crippen LogP contribution in [0.15, 0.2) is 70.6 Å². The summed E-state index contributed by atoms with van der Waals surface area (Å²) < 4.78 is 34.6. The number of hydrogen-bond acceptors (Lipinski definition) is 5. The van der Waals surface area contributed by atoms with E-state index in [-0.39, 0.29) is 35.0 Å². The van der Waals surface area contributed by atoms with Crippen LogP contribution < -0.4 is 16.2 Å². The highest BCUT2D eigenvalue weighted by atomic mass is 19.3. The van der Waals surface area contributed by atoms with Gasteiger partial charge in [0, 0.05) is 43.0 Å². The van der Waals surface area contributed by atoms with Crippen LogP contribution in [0.1, 0.15) is 36.5 Å². The van der Waals surface area contributed by atoms with Gasteiger partial charge in [0.25, 0.3) is 5.56 Å². The average molecular weight is 503 g/mol. The van der Waals surface area contributed by atoms with E-state index in [4.69, 9.17) is 10.7 Å². The molecular weight excluding hydrogens is 474 g/mol. The molecule has 2 N–H and O–H groups in total. The summed E-state index contributed by atoms with van der Waals surface area (Å²) in [7, 11) is 0. The van der Waals surface area contributed by atoms with Crippen LogP contribution in [0.25, 0.3) is 11.0 Å². The number of para-hydroxylation sites is 1. The Kier molecular flexibility index (Phi) is 5.67. The van der Waals surface area contributed by atoms with Crippen LogP contribution in [0.4, 0.5) is 20.4 Å². The van der Waals surface area contributed by atoms with Gasteiger partial charge in [0.05, 0.1) is 29.0 Å². The maximum atomic E-state index is 15.6. The van der Waals surface area contributed by atoms with Crippen molar-refractivity contribution in [2.75, 3.05) is 18.0 Å². The number of piperidine rings is 1. The summed E-state index contributed by atoms with van der Waals surface area (Å²) in [5, 5.41) is 0. The van der Waals surface area contributed by atoms with Crippen LogP contribution in [-0.4, -0.2) is 39.0 Å². The fourth-order valence-electron chi connectivity index (χ4n) is 5.50. The van der Waals surface area contributed by atoms with E-state index in [1.807, 2.05) is 17.6 Å². The zero-order valence-electron chi connectivity index (χ0n) is 20.6. The van der Waals surface area contributed by atoms with E-state index in [1.165, 1.54) is 16.7 Å². The van der Waals surface area contributed by atoms with Crippen molar-refractivity contribution in [1.29, 1.82) is 0 Å². The van der Waals surface area contributed by atoms with Gasteiger partial charge in [-0.05, 0) is 31.9 Å². The summed E-state index contributed by atoms with van der Waals surface area (Å²) in [6.07, 6.45) is 3.62. The number of imidazole rings is 1. The molecular formula is C28H28F2N6O. The third kappa shape index (κ3) is 3.85. The molecule has 4 aromatic rings. The van der Waals surface area contributed by atoms with Gasteiger partial charge in [0.1, 0.15) is 5.52 Å². The molecule has 0 aliphatic carbocycles. The molecule has 1 saturated heterocycles. The quantitative estimate of drug-likeness (QED) is 0.448. The molecule has 1 fully saturated rings. The average Bonchev–Trinajstić information content (AvgIpc) is 3.25. The molecule has 0 spiro atoms. The molecule has 0 bridgehead atoms. The maximum absolute atomic E-state index is 15.6. The summed E-state index contributed by atoms with van der Waals surface area (Å²) in [4.78, 5) is 25.3. The zero-order valence-corrected chi connectivity index (χ0v) is 20.6. The minimum atomic E-state index is -3.21. The van der Waals surface area contributed by atoms with E-state index in [0.717, 1.165) is 25.3 Å². The topological polar surface area (TPSA) is 81.4 Å². The predicted octanol–water partition coefficient (Wildman–Crippen LogP) is 4.42. The van der Waals surface area contributed by atoms with Gasteiger partial charge >= 0.3 is 5.92 Å². The Morgan fingerprint density at radius 1 is 1.08 bits per heavy atom. The van der Waals surface area contributed by atoms with Crippen LogP contribution in [0.3, 0.4) is 0 Å². The molecule has 6 rings (SSSR count). The van der Waals surface area contributed by atoms with Gasteiger partial charge in [-0.3, -0.25) is 9.79 Å². The van der Waals surface area contributed by atoms with E-state index >= 15 is 8.78 Å². The van der Waals surface area contributed by atoms with Crippen molar-refractivity contribution in [1.82, 2.24) is 14.1 Å². The Labute approximate surface area is 212 Å². The van der Waals surface area contributed by atoms with Crippen molar-refractivity contribution in [3.63, 3.8) is 0 Å². The number of alkyl halides is 2. The summed E-state index contributed by atoms with van der Waals surface area (Å²) >= 11 is 0. The molecule has 2 aromatic heterocycles. The number of aromatic nitrogens is 3. The first kappa shape index (κ1) is 23.5. The van der Waals surface area contributed by atoms with Gasteiger partial charge < -0.3 is 19.8 Å². The lowest BCUT2D eigenvalue weighted by Gasteiger charge is -2.31. The van der Waals surface area contributed by atoms with Gasteiger partial charge in [-0.15, -0.1) is 0 Å². The summed E-state index contributed by atoms with van der Waals surface area (Å²) in [6, 6.07) is 14.6. The monoisotopic (exact) mass is 502 g/mol. The predicted molar refractivity (Wildman–Crippen MR) is 141 cm³/mol. The van der Waals surface area contributed by atoms with Crippen LogP contribution in [0.5, 0.6) is 0 Å². The second kappa shape index (κ2) is 8.92. The van der Waals surface area contributed by atoms with Crippen molar-refractivity contribution in [3.05, 3.63) is 87.8 Å². The van der Waals surface area contributed by atoms with E-state index in [0.29, 0.717) is 35.4 Å². The fraction of sp³-hybridized carbons (Fsp3) is 0.321. The molecule has 2 aliphatic heterocycles. The number of aliphatic imine (C=N–C) groups is 1. The highest BCUT2D eigenvalue weighted by Crippen LogP contribution is 2.44. The Hall–Kier alpha value is -3.85. The molecule has 0 amide bonds. The van der Waals surface area contributed by atoms with Crippen molar-refractivity contribution < 1.29 is 8.78 Å².